The maximum Gasteiger partial charge on any atom is 0.319 e. The number of urea groups is 1. The number of hydrogen-bond donors (Lipinski definition) is 3. The van der Waals surface area contributed by atoms with Crippen LogP contribution in [-0.2, 0) is 12.8 Å². The van der Waals surface area contributed by atoms with Gasteiger partial charge in [-0.2, -0.15) is 0 Å². The van der Waals surface area contributed by atoms with Crippen LogP contribution < -0.4 is 16.0 Å². The second-order valence-corrected chi connectivity index (χ2v) is 12.2. The van der Waals surface area contributed by atoms with Crippen molar-refractivity contribution in [3.63, 3.8) is 0 Å². The van der Waals surface area contributed by atoms with E-state index in [2.05, 4.69) is 56.9 Å². The van der Waals surface area contributed by atoms with Gasteiger partial charge in [-0.05, 0) is 69.7 Å². The third kappa shape index (κ3) is 5.38. The third-order valence-electron chi connectivity index (χ3n) is 7.56. The van der Waals surface area contributed by atoms with Gasteiger partial charge in [-0.3, -0.25) is 15.0 Å². The molecule has 2 atom stereocenters. The number of amides is 3. The van der Waals surface area contributed by atoms with Crippen LogP contribution in [0.2, 0.25) is 0 Å². The quantitative estimate of drug-likeness (QED) is 0.461. The molecule has 0 radical (unpaired) electrons. The normalized spacial score (nSPS) is 22.1. The average molecular weight is 528 g/mol. The van der Waals surface area contributed by atoms with Gasteiger partial charge in [0, 0.05) is 54.3 Å². The highest BCUT2D eigenvalue weighted by atomic mass is 32.2. The van der Waals surface area contributed by atoms with Crippen molar-refractivity contribution in [1.29, 1.82) is 0 Å². The third-order valence-corrected chi connectivity index (χ3v) is 10.2. The highest BCUT2D eigenvalue weighted by molar-refractivity contribution is 8.03. The molecule has 0 aromatic carbocycles. The summed E-state index contributed by atoms with van der Waals surface area (Å²) < 4.78 is 2.29. The van der Waals surface area contributed by atoms with Crippen LogP contribution >= 0.6 is 23.1 Å². The van der Waals surface area contributed by atoms with Crippen LogP contribution in [0.25, 0.3) is 0 Å². The number of likely N-dealkylation sites (N-methyl/N-ethyl adjacent to an activating group) is 1. The maximum absolute atomic E-state index is 13.1. The molecule has 0 spiro atoms. The van der Waals surface area contributed by atoms with Crippen molar-refractivity contribution in [2.75, 3.05) is 38.0 Å². The average Bonchev–Trinajstić information content (AvgIpc) is 3.55. The van der Waals surface area contributed by atoms with Gasteiger partial charge in [0.15, 0.2) is 0 Å². The Hall–Kier alpha value is -2.23. The van der Waals surface area contributed by atoms with Crippen LogP contribution in [0.15, 0.2) is 35.0 Å². The lowest BCUT2D eigenvalue weighted by Gasteiger charge is -2.39. The molecule has 3 aliphatic rings. The lowest BCUT2D eigenvalue weighted by molar-refractivity contribution is 0.0956. The zero-order valence-corrected chi connectivity index (χ0v) is 22.9. The molecule has 1 aliphatic carbocycles. The summed E-state index contributed by atoms with van der Waals surface area (Å²) in [5.41, 5.74) is 3.32. The number of nitrogens with one attached hydrogen (secondary N) is 3. The van der Waals surface area contributed by atoms with Crippen LogP contribution in [0.3, 0.4) is 0 Å². The minimum Gasteiger partial charge on any atom is -0.352 e. The molecule has 3 amide bonds. The molecular weight excluding hydrogens is 490 g/mol. The Morgan fingerprint density at radius 3 is 2.67 bits per heavy atom. The van der Waals surface area contributed by atoms with E-state index in [4.69, 9.17) is 0 Å². The van der Waals surface area contributed by atoms with Gasteiger partial charge in [-0.25, -0.2) is 4.79 Å². The number of aromatic nitrogens is 1. The SMILES string of the molecule is CCNC(=O)c1c(NC(=O)NCC2CC(n3cccc3)SC3=C2CCN(CC)C3)sc2c1CCCC2. The highest BCUT2D eigenvalue weighted by Crippen LogP contribution is 2.47. The lowest BCUT2D eigenvalue weighted by Crippen LogP contribution is -2.39. The Morgan fingerprint density at radius 2 is 1.89 bits per heavy atom. The van der Waals surface area contributed by atoms with Gasteiger partial charge in [0.05, 0.1) is 10.9 Å². The molecule has 0 bridgehead atoms. The molecule has 0 saturated heterocycles. The topological polar surface area (TPSA) is 78.4 Å². The van der Waals surface area contributed by atoms with E-state index in [1.165, 1.54) is 15.4 Å². The molecule has 9 heteroatoms. The molecule has 2 unspecified atom stereocenters. The second kappa shape index (κ2) is 11.4. The molecule has 2 aromatic heterocycles. The van der Waals surface area contributed by atoms with Crippen LogP contribution in [0.5, 0.6) is 0 Å². The molecule has 7 nitrogen and oxygen atoms in total. The smallest absolute Gasteiger partial charge is 0.319 e. The molecule has 194 valence electrons. The zero-order valence-electron chi connectivity index (χ0n) is 21.3. The monoisotopic (exact) mass is 527 g/mol. The number of thioether (sulfide) groups is 1. The van der Waals surface area contributed by atoms with E-state index in [-0.39, 0.29) is 11.9 Å². The molecule has 2 aliphatic heterocycles. The summed E-state index contributed by atoms with van der Waals surface area (Å²) in [6, 6.07) is 3.94. The fraction of sp³-hybridized carbons (Fsp3) is 0.556. The standard InChI is InChI=1S/C27H37N5O2S2/c1-3-28-25(33)24-20-9-5-6-10-21(20)36-26(24)30-27(34)29-16-18-15-23(32-12-7-8-13-32)35-22-17-31(4-2)14-11-19(18)22/h7-8,12-13,18,23H,3-6,9-11,14-17H2,1-2H3,(H,28,33)(H2,29,30,34). The van der Waals surface area contributed by atoms with Crippen LogP contribution in [0.4, 0.5) is 9.80 Å². The first kappa shape index (κ1) is 25.4. The van der Waals surface area contributed by atoms with E-state index in [0.717, 1.165) is 63.7 Å². The number of nitrogens with zero attached hydrogens (tertiary/aromatic N) is 2. The van der Waals surface area contributed by atoms with Gasteiger partial charge in [0.1, 0.15) is 5.00 Å². The van der Waals surface area contributed by atoms with Gasteiger partial charge in [-0.1, -0.05) is 12.5 Å². The van der Waals surface area contributed by atoms with Gasteiger partial charge in [0.25, 0.3) is 5.91 Å². The summed E-state index contributed by atoms with van der Waals surface area (Å²) in [5, 5.41) is 10.2. The Morgan fingerprint density at radius 1 is 1.08 bits per heavy atom. The van der Waals surface area contributed by atoms with Gasteiger partial charge in [0.2, 0.25) is 0 Å². The van der Waals surface area contributed by atoms with E-state index < -0.39 is 0 Å². The Labute approximate surface area is 222 Å². The van der Waals surface area contributed by atoms with Crippen LogP contribution in [-0.4, -0.2) is 54.1 Å². The van der Waals surface area contributed by atoms with E-state index in [9.17, 15) is 9.59 Å². The van der Waals surface area contributed by atoms with Gasteiger partial charge in [-0.15, -0.1) is 23.1 Å². The number of hydrogen-bond acceptors (Lipinski definition) is 5. The predicted octanol–water partition coefficient (Wildman–Crippen LogP) is 5.23. The number of carbonyl (C=O) groups is 2. The van der Waals surface area contributed by atoms with Crippen LogP contribution in [0, 0.1) is 5.92 Å². The number of thiophene rings is 1. The summed E-state index contributed by atoms with van der Waals surface area (Å²) in [7, 11) is 0. The second-order valence-electron chi connectivity index (χ2n) is 9.81. The number of rotatable bonds is 7. The first-order valence-electron chi connectivity index (χ1n) is 13.3. The van der Waals surface area contributed by atoms with Crippen molar-refractivity contribution in [2.45, 2.75) is 57.7 Å². The first-order chi connectivity index (χ1) is 17.6. The first-order valence-corrected chi connectivity index (χ1v) is 15.0. The minimum absolute atomic E-state index is 0.0800. The van der Waals surface area contributed by atoms with Crippen LogP contribution in [0.1, 0.15) is 65.7 Å². The lowest BCUT2D eigenvalue weighted by atomic mass is 9.89. The van der Waals surface area contributed by atoms with Crippen molar-refractivity contribution in [1.82, 2.24) is 20.1 Å². The van der Waals surface area contributed by atoms with Crippen molar-refractivity contribution < 1.29 is 9.59 Å². The summed E-state index contributed by atoms with van der Waals surface area (Å²) in [6.07, 6.45) is 10.5. The molecular formula is C27H37N5O2S2. The highest BCUT2D eigenvalue weighted by Gasteiger charge is 2.34. The van der Waals surface area contributed by atoms with Gasteiger partial charge >= 0.3 is 6.03 Å². The van der Waals surface area contributed by atoms with Crippen molar-refractivity contribution in [2.24, 2.45) is 5.92 Å². The summed E-state index contributed by atoms with van der Waals surface area (Å²) >= 11 is 3.56. The number of carbonyl (C=O) groups excluding carboxylic acids is 2. The fourth-order valence-electron chi connectivity index (χ4n) is 5.65. The molecule has 3 N–H and O–H groups in total. The summed E-state index contributed by atoms with van der Waals surface area (Å²) in [4.78, 5) is 31.2. The molecule has 4 heterocycles. The zero-order chi connectivity index (χ0) is 25.1. The number of aryl methyl sites for hydroxylation is 1. The van der Waals surface area contributed by atoms with E-state index in [1.807, 2.05) is 18.7 Å². The number of anilines is 1. The van der Waals surface area contributed by atoms with Gasteiger partial charge < -0.3 is 15.2 Å². The predicted molar refractivity (Wildman–Crippen MR) is 149 cm³/mol. The maximum atomic E-state index is 13.1. The molecule has 0 saturated carbocycles. The van der Waals surface area contributed by atoms with Crippen molar-refractivity contribution in [3.05, 3.63) is 51.0 Å². The largest absolute Gasteiger partial charge is 0.352 e. The fourth-order valence-corrected chi connectivity index (χ4v) is 8.53. The van der Waals surface area contributed by atoms with E-state index >= 15 is 0 Å². The van der Waals surface area contributed by atoms with Crippen molar-refractivity contribution in [3.8, 4) is 0 Å². The van der Waals surface area contributed by atoms with E-state index in [0.29, 0.717) is 34.9 Å². The summed E-state index contributed by atoms with van der Waals surface area (Å²) in [6.45, 7) is 8.49. The Balaban J connectivity index is 1.30. The number of fused-ring (bicyclic) bond motifs is 1. The van der Waals surface area contributed by atoms with Crippen molar-refractivity contribution >= 4 is 40.0 Å². The molecule has 36 heavy (non-hydrogen) atoms. The molecule has 0 fully saturated rings. The summed E-state index contributed by atoms with van der Waals surface area (Å²) in [5.74, 6) is 0.237. The molecule has 2 aromatic rings. The van der Waals surface area contributed by atoms with E-state index in [1.54, 1.807) is 11.3 Å². The minimum atomic E-state index is -0.219. The molecule has 5 rings (SSSR count). The Bertz CT molecular complexity index is 1120. The Kier molecular flexibility index (Phi) is 8.08.